The van der Waals surface area contributed by atoms with Crippen molar-refractivity contribution in [3.63, 3.8) is 0 Å². The number of carbonyl (C=O) groups is 2. The summed E-state index contributed by atoms with van der Waals surface area (Å²) in [4.78, 5) is 29.0. The highest BCUT2D eigenvalue weighted by molar-refractivity contribution is 5.94. The normalized spacial score (nSPS) is 11.6. The van der Waals surface area contributed by atoms with Crippen molar-refractivity contribution in [2.45, 2.75) is 25.8 Å². The van der Waals surface area contributed by atoms with Gasteiger partial charge in [-0.15, -0.1) is 0 Å². The van der Waals surface area contributed by atoms with Crippen LogP contribution in [0.2, 0.25) is 0 Å². The van der Waals surface area contributed by atoms with E-state index in [0.29, 0.717) is 35.1 Å². The molecule has 0 spiro atoms. The Bertz CT molecular complexity index is 1060. The van der Waals surface area contributed by atoms with Crippen molar-refractivity contribution in [1.82, 2.24) is 10.3 Å². The van der Waals surface area contributed by atoms with Crippen LogP contribution in [-0.2, 0) is 11.2 Å². The molecule has 0 bridgehead atoms. The van der Waals surface area contributed by atoms with E-state index in [1.807, 2.05) is 37.3 Å². The molecule has 8 heteroatoms. The van der Waals surface area contributed by atoms with E-state index in [4.69, 9.17) is 13.9 Å². The zero-order valence-corrected chi connectivity index (χ0v) is 17.5. The molecule has 0 aliphatic carbocycles. The van der Waals surface area contributed by atoms with E-state index < -0.39 is 17.9 Å². The molecule has 1 aromatic heterocycles. The number of nitrogens with zero attached hydrogens (tertiary/aromatic N) is 1. The summed E-state index contributed by atoms with van der Waals surface area (Å²) < 4.78 is 16.5. The second-order valence-corrected chi connectivity index (χ2v) is 6.72. The fourth-order valence-corrected chi connectivity index (χ4v) is 3.30. The average molecular weight is 424 g/mol. The van der Waals surface area contributed by atoms with Gasteiger partial charge in [-0.25, -0.2) is 4.98 Å². The predicted octanol–water partition coefficient (Wildman–Crippen LogP) is 3.87. The number of aliphatic carboxylic acids is 1. The van der Waals surface area contributed by atoms with Crippen molar-refractivity contribution in [2.75, 3.05) is 14.2 Å². The summed E-state index contributed by atoms with van der Waals surface area (Å²) in [5.74, 6) is -0.0571. The van der Waals surface area contributed by atoms with Crippen molar-refractivity contribution in [3.8, 4) is 23.0 Å². The van der Waals surface area contributed by atoms with E-state index in [9.17, 15) is 14.7 Å². The molecule has 8 nitrogen and oxygen atoms in total. The largest absolute Gasteiger partial charge is 0.493 e. The number of aryl methyl sites for hydroxylation is 1. The first-order valence-electron chi connectivity index (χ1n) is 9.77. The van der Waals surface area contributed by atoms with Gasteiger partial charge < -0.3 is 24.3 Å². The molecule has 3 aromatic rings. The number of oxazole rings is 1. The molecule has 1 heterocycles. The molecule has 1 atom stereocenters. The quantitative estimate of drug-likeness (QED) is 0.536. The molecule has 0 aliphatic heterocycles. The number of benzene rings is 2. The number of rotatable bonds is 9. The Labute approximate surface area is 179 Å². The lowest BCUT2D eigenvalue weighted by atomic mass is 10.0. The van der Waals surface area contributed by atoms with Crippen LogP contribution < -0.4 is 14.8 Å². The van der Waals surface area contributed by atoms with Gasteiger partial charge in [0.05, 0.1) is 26.7 Å². The first-order chi connectivity index (χ1) is 15.0. The number of carboxylic acids is 1. The zero-order valence-electron chi connectivity index (χ0n) is 17.5. The van der Waals surface area contributed by atoms with Gasteiger partial charge in [-0.3, -0.25) is 9.59 Å². The number of carboxylic acid groups (broad SMARTS) is 1. The molecular formula is C23H24N2O6. The number of ether oxygens (including phenoxy) is 2. The number of hydrogen-bond donors (Lipinski definition) is 2. The fourth-order valence-electron chi connectivity index (χ4n) is 3.30. The lowest BCUT2D eigenvalue weighted by molar-refractivity contribution is -0.137. The van der Waals surface area contributed by atoms with Crippen LogP contribution in [0, 0.1) is 0 Å². The minimum absolute atomic E-state index is 0.124. The maximum absolute atomic E-state index is 13.1. The number of carbonyl (C=O) groups excluding carboxylic acids is 1. The first-order valence-corrected chi connectivity index (χ1v) is 9.77. The lowest BCUT2D eigenvalue weighted by Crippen LogP contribution is -2.31. The van der Waals surface area contributed by atoms with Gasteiger partial charge in [-0.2, -0.15) is 0 Å². The van der Waals surface area contributed by atoms with Crippen LogP contribution in [0.25, 0.3) is 11.5 Å². The lowest BCUT2D eigenvalue weighted by Gasteiger charge is -2.21. The van der Waals surface area contributed by atoms with E-state index >= 15 is 0 Å². The molecule has 2 aromatic carbocycles. The van der Waals surface area contributed by atoms with Crippen molar-refractivity contribution >= 4 is 11.9 Å². The number of hydrogen-bond acceptors (Lipinski definition) is 6. The molecule has 0 aliphatic rings. The van der Waals surface area contributed by atoms with Crippen LogP contribution in [0.1, 0.15) is 41.2 Å². The molecule has 162 valence electrons. The number of aromatic nitrogens is 1. The molecule has 31 heavy (non-hydrogen) atoms. The van der Waals surface area contributed by atoms with E-state index in [1.54, 1.807) is 18.2 Å². The van der Waals surface area contributed by atoms with E-state index in [0.717, 1.165) is 5.56 Å². The number of methoxy groups -OCH3 is 2. The van der Waals surface area contributed by atoms with E-state index in [2.05, 4.69) is 10.3 Å². The van der Waals surface area contributed by atoms with Crippen molar-refractivity contribution in [1.29, 1.82) is 0 Å². The van der Waals surface area contributed by atoms with Gasteiger partial charge in [0.2, 0.25) is 5.89 Å². The SMILES string of the molecule is CCc1oc(-c2ccccc2)nc1C(=O)N[C@@H](CC(=O)O)c1cccc(OC)c1OC. The van der Waals surface area contributed by atoms with Crippen LogP contribution in [0.15, 0.2) is 52.9 Å². The van der Waals surface area contributed by atoms with Gasteiger partial charge >= 0.3 is 5.97 Å². The highest BCUT2D eigenvalue weighted by Gasteiger charge is 2.27. The number of amides is 1. The molecule has 2 N–H and O–H groups in total. The Balaban J connectivity index is 1.96. The molecule has 0 radical (unpaired) electrons. The summed E-state index contributed by atoms with van der Waals surface area (Å²) in [6.07, 6.45) is 0.106. The molecule has 0 fully saturated rings. The minimum Gasteiger partial charge on any atom is -0.493 e. The van der Waals surface area contributed by atoms with Gasteiger partial charge in [0, 0.05) is 17.5 Å². The highest BCUT2D eigenvalue weighted by Crippen LogP contribution is 2.36. The summed E-state index contributed by atoms with van der Waals surface area (Å²) in [5, 5.41) is 12.2. The van der Waals surface area contributed by atoms with E-state index in [-0.39, 0.29) is 12.1 Å². The van der Waals surface area contributed by atoms with Crippen LogP contribution in [0.5, 0.6) is 11.5 Å². The highest BCUT2D eigenvalue weighted by atomic mass is 16.5. The average Bonchev–Trinajstić information content (AvgIpc) is 3.23. The van der Waals surface area contributed by atoms with Crippen molar-refractivity contribution < 1.29 is 28.6 Å². The summed E-state index contributed by atoms with van der Waals surface area (Å²) in [6, 6.07) is 13.5. The summed E-state index contributed by atoms with van der Waals surface area (Å²) in [6.45, 7) is 1.85. The number of nitrogens with one attached hydrogen (secondary N) is 1. The zero-order chi connectivity index (χ0) is 22.4. The van der Waals surface area contributed by atoms with E-state index in [1.165, 1.54) is 14.2 Å². The third-order valence-corrected chi connectivity index (χ3v) is 4.75. The van der Waals surface area contributed by atoms with Gasteiger partial charge in [0.1, 0.15) is 5.76 Å². The van der Waals surface area contributed by atoms with Crippen molar-refractivity contribution in [3.05, 3.63) is 65.5 Å². The Morgan fingerprint density at radius 2 is 1.84 bits per heavy atom. The van der Waals surface area contributed by atoms with Crippen LogP contribution >= 0.6 is 0 Å². The predicted molar refractivity (Wildman–Crippen MR) is 113 cm³/mol. The number of para-hydroxylation sites is 1. The van der Waals surface area contributed by atoms with Crippen molar-refractivity contribution in [2.24, 2.45) is 0 Å². The molecule has 0 saturated carbocycles. The topological polar surface area (TPSA) is 111 Å². The first kappa shape index (κ1) is 21.9. The van der Waals surface area contributed by atoms with Crippen LogP contribution in [0.4, 0.5) is 0 Å². The third-order valence-electron chi connectivity index (χ3n) is 4.75. The Morgan fingerprint density at radius 1 is 1.10 bits per heavy atom. The summed E-state index contributed by atoms with van der Waals surface area (Å²) >= 11 is 0. The second kappa shape index (κ2) is 9.80. The summed E-state index contributed by atoms with van der Waals surface area (Å²) in [5.41, 5.74) is 1.36. The fraction of sp³-hybridized carbons (Fsp3) is 0.261. The smallest absolute Gasteiger partial charge is 0.305 e. The van der Waals surface area contributed by atoms with Gasteiger partial charge in [0.25, 0.3) is 5.91 Å². The standard InChI is InChI=1S/C23H24N2O6/c1-4-17-20(25-23(31-17)14-9-6-5-7-10-14)22(28)24-16(13-19(26)27)15-11-8-12-18(29-2)21(15)30-3/h5-12,16H,4,13H2,1-3H3,(H,24,28)(H,26,27)/t16-/m0/s1. The van der Waals surface area contributed by atoms with Crippen LogP contribution in [0.3, 0.4) is 0 Å². The molecule has 3 rings (SSSR count). The van der Waals surface area contributed by atoms with Gasteiger partial charge in [-0.1, -0.05) is 37.3 Å². The minimum atomic E-state index is -1.07. The third kappa shape index (κ3) is 4.85. The summed E-state index contributed by atoms with van der Waals surface area (Å²) in [7, 11) is 2.94. The molecule has 0 saturated heterocycles. The Hall–Kier alpha value is -3.81. The Kier molecular flexibility index (Phi) is 6.92. The van der Waals surface area contributed by atoms with Gasteiger partial charge in [0.15, 0.2) is 17.2 Å². The molecule has 0 unspecified atom stereocenters. The maximum atomic E-state index is 13.1. The van der Waals surface area contributed by atoms with Gasteiger partial charge in [-0.05, 0) is 18.2 Å². The van der Waals surface area contributed by atoms with Crippen LogP contribution in [-0.4, -0.2) is 36.2 Å². The monoisotopic (exact) mass is 424 g/mol. The molecular weight excluding hydrogens is 400 g/mol. The second-order valence-electron chi connectivity index (χ2n) is 6.72. The Morgan fingerprint density at radius 3 is 2.45 bits per heavy atom. The molecule has 1 amide bonds. The maximum Gasteiger partial charge on any atom is 0.305 e.